The van der Waals surface area contributed by atoms with Crippen LogP contribution in [0.25, 0.3) is 6.08 Å². The van der Waals surface area contributed by atoms with Crippen LogP contribution in [0.2, 0.25) is 0 Å². The first-order chi connectivity index (χ1) is 9.08. The van der Waals surface area contributed by atoms with Gasteiger partial charge in [0, 0.05) is 6.92 Å². The largest absolute Gasteiger partial charge is 0.497 e. The predicted molar refractivity (Wildman–Crippen MR) is 74.8 cm³/mol. The third-order valence-electron chi connectivity index (χ3n) is 2.30. The van der Waals surface area contributed by atoms with E-state index >= 15 is 0 Å². The van der Waals surface area contributed by atoms with E-state index in [1.165, 1.54) is 6.92 Å². The van der Waals surface area contributed by atoms with Crippen molar-refractivity contribution in [3.05, 3.63) is 34.7 Å². The van der Waals surface area contributed by atoms with E-state index in [0.717, 1.165) is 17.3 Å². The van der Waals surface area contributed by atoms with E-state index in [0.29, 0.717) is 15.8 Å². The third-order valence-corrected chi connectivity index (χ3v) is 3.19. The van der Waals surface area contributed by atoms with E-state index in [2.05, 4.69) is 10.3 Å². The highest BCUT2D eigenvalue weighted by atomic mass is 32.2. The molecule has 0 aliphatic carbocycles. The number of hydrogen-bond acceptors (Lipinski definition) is 4. The van der Waals surface area contributed by atoms with Gasteiger partial charge in [-0.2, -0.15) is 4.99 Å². The van der Waals surface area contributed by atoms with Crippen molar-refractivity contribution >= 4 is 34.8 Å². The van der Waals surface area contributed by atoms with E-state index in [9.17, 15) is 9.59 Å². The summed E-state index contributed by atoms with van der Waals surface area (Å²) in [6.07, 6.45) is 1.72. The van der Waals surface area contributed by atoms with Crippen molar-refractivity contribution < 1.29 is 14.3 Å². The lowest BCUT2D eigenvalue weighted by molar-refractivity contribution is -0.117. The van der Waals surface area contributed by atoms with Gasteiger partial charge >= 0.3 is 0 Å². The Morgan fingerprint density at radius 3 is 2.95 bits per heavy atom. The fraction of sp³-hybridized carbons (Fsp3) is 0.154. The molecule has 1 aromatic carbocycles. The molecule has 0 bridgehead atoms. The summed E-state index contributed by atoms with van der Waals surface area (Å²) in [5.41, 5.74) is 0.842. The molecule has 0 atom stereocenters. The predicted octanol–water partition coefficient (Wildman–Crippen LogP) is 1.80. The number of methoxy groups -OCH3 is 1. The van der Waals surface area contributed by atoms with Crippen LogP contribution in [0, 0.1) is 0 Å². The minimum absolute atomic E-state index is 0.248. The van der Waals surface area contributed by atoms with Crippen molar-refractivity contribution in [2.45, 2.75) is 6.92 Å². The molecule has 0 saturated heterocycles. The molecule has 19 heavy (non-hydrogen) atoms. The summed E-state index contributed by atoms with van der Waals surface area (Å²) in [6, 6.07) is 7.34. The maximum Gasteiger partial charge on any atom is 0.286 e. The van der Waals surface area contributed by atoms with Gasteiger partial charge in [-0.15, -0.1) is 0 Å². The molecule has 1 heterocycles. The number of nitrogens with zero attached hydrogens (tertiary/aromatic N) is 1. The van der Waals surface area contributed by atoms with Crippen molar-refractivity contribution in [3.8, 4) is 5.75 Å². The van der Waals surface area contributed by atoms with Crippen LogP contribution in [0.15, 0.2) is 34.2 Å². The second-order valence-electron chi connectivity index (χ2n) is 3.79. The number of carbonyl (C=O) groups excluding carboxylic acids is 2. The summed E-state index contributed by atoms with van der Waals surface area (Å²) in [4.78, 5) is 26.8. The Morgan fingerprint density at radius 2 is 2.26 bits per heavy atom. The summed E-state index contributed by atoms with van der Waals surface area (Å²) in [7, 11) is 1.58. The molecular weight excluding hydrogens is 264 g/mol. The van der Waals surface area contributed by atoms with Crippen molar-refractivity contribution in [2.24, 2.45) is 4.99 Å². The number of amidine groups is 1. The Kier molecular flexibility index (Phi) is 4.01. The number of hydrogen-bond donors (Lipinski definition) is 1. The van der Waals surface area contributed by atoms with Crippen molar-refractivity contribution in [2.75, 3.05) is 7.11 Å². The zero-order valence-electron chi connectivity index (χ0n) is 10.5. The molecule has 1 aromatic rings. The average Bonchev–Trinajstić information content (AvgIpc) is 2.69. The van der Waals surface area contributed by atoms with Crippen LogP contribution >= 0.6 is 11.8 Å². The van der Waals surface area contributed by atoms with Gasteiger partial charge in [0.15, 0.2) is 5.17 Å². The number of nitrogens with one attached hydrogen (secondary N) is 1. The molecule has 2 amide bonds. The molecule has 5 nitrogen and oxygen atoms in total. The van der Waals surface area contributed by atoms with E-state index < -0.39 is 0 Å². The summed E-state index contributed by atoms with van der Waals surface area (Å²) in [5, 5.41) is 2.81. The normalized spacial score (nSPS) is 16.4. The minimum Gasteiger partial charge on any atom is -0.497 e. The summed E-state index contributed by atoms with van der Waals surface area (Å²) < 4.78 is 5.11. The van der Waals surface area contributed by atoms with Crippen LogP contribution in [0.4, 0.5) is 0 Å². The van der Waals surface area contributed by atoms with Gasteiger partial charge in [0.05, 0.1) is 12.0 Å². The second-order valence-corrected chi connectivity index (χ2v) is 4.82. The Hall–Kier alpha value is -2.08. The van der Waals surface area contributed by atoms with Crippen molar-refractivity contribution in [1.82, 2.24) is 5.32 Å². The molecule has 1 N–H and O–H groups in total. The monoisotopic (exact) mass is 276 g/mol. The summed E-state index contributed by atoms with van der Waals surface area (Å²) in [5.74, 6) is 0.117. The van der Waals surface area contributed by atoms with Gasteiger partial charge in [-0.1, -0.05) is 12.1 Å². The number of rotatable bonds is 2. The number of carbonyl (C=O) groups is 2. The molecule has 6 heteroatoms. The fourth-order valence-electron chi connectivity index (χ4n) is 1.50. The summed E-state index contributed by atoms with van der Waals surface area (Å²) in [6.45, 7) is 1.37. The summed E-state index contributed by atoms with van der Waals surface area (Å²) >= 11 is 1.14. The Bertz CT molecular complexity index is 593. The Morgan fingerprint density at radius 1 is 1.47 bits per heavy atom. The molecule has 0 fully saturated rings. The molecule has 1 aliphatic rings. The van der Waals surface area contributed by atoms with Gasteiger partial charge in [0.2, 0.25) is 5.91 Å². The highest BCUT2D eigenvalue weighted by Gasteiger charge is 2.22. The van der Waals surface area contributed by atoms with Crippen LogP contribution in [-0.2, 0) is 9.59 Å². The second kappa shape index (κ2) is 5.71. The third kappa shape index (κ3) is 3.45. The van der Waals surface area contributed by atoms with Gasteiger partial charge in [-0.05, 0) is 35.5 Å². The highest BCUT2D eigenvalue weighted by Crippen LogP contribution is 2.28. The van der Waals surface area contributed by atoms with Gasteiger partial charge in [-0.3, -0.25) is 9.59 Å². The lowest BCUT2D eigenvalue weighted by Crippen LogP contribution is -2.23. The van der Waals surface area contributed by atoms with E-state index in [1.54, 1.807) is 13.2 Å². The first-order valence-corrected chi connectivity index (χ1v) is 6.34. The average molecular weight is 276 g/mol. The smallest absolute Gasteiger partial charge is 0.286 e. The number of amides is 2. The molecule has 0 saturated carbocycles. The van der Waals surface area contributed by atoms with Crippen LogP contribution in [0.3, 0.4) is 0 Å². The van der Waals surface area contributed by atoms with E-state index in [4.69, 9.17) is 4.74 Å². The van der Waals surface area contributed by atoms with Gasteiger partial charge < -0.3 is 10.1 Å². The number of aliphatic imine (C=N–C) groups is 1. The van der Waals surface area contributed by atoms with Crippen molar-refractivity contribution in [3.63, 3.8) is 0 Å². The first-order valence-electron chi connectivity index (χ1n) is 5.52. The van der Waals surface area contributed by atoms with E-state index in [1.807, 2.05) is 24.3 Å². The number of benzene rings is 1. The zero-order valence-corrected chi connectivity index (χ0v) is 11.3. The molecule has 0 aromatic heterocycles. The lowest BCUT2D eigenvalue weighted by Gasteiger charge is -2.01. The Labute approximate surface area is 114 Å². The van der Waals surface area contributed by atoms with Crippen molar-refractivity contribution in [1.29, 1.82) is 0 Å². The Balaban J connectivity index is 2.17. The van der Waals surface area contributed by atoms with Crippen LogP contribution in [0.5, 0.6) is 5.75 Å². The molecule has 2 rings (SSSR count). The zero-order chi connectivity index (χ0) is 13.8. The molecule has 1 aliphatic heterocycles. The van der Waals surface area contributed by atoms with E-state index in [-0.39, 0.29) is 11.8 Å². The fourth-order valence-corrected chi connectivity index (χ4v) is 2.36. The number of ether oxygens (including phenoxy) is 1. The molecule has 98 valence electrons. The first kappa shape index (κ1) is 13.4. The maximum absolute atomic E-state index is 11.7. The van der Waals surface area contributed by atoms with Crippen LogP contribution in [0.1, 0.15) is 12.5 Å². The molecular formula is C13H12N2O3S. The van der Waals surface area contributed by atoms with Gasteiger partial charge in [0.1, 0.15) is 5.75 Å². The molecule has 0 unspecified atom stereocenters. The van der Waals surface area contributed by atoms with Crippen LogP contribution in [-0.4, -0.2) is 24.1 Å². The minimum atomic E-state index is -0.350. The highest BCUT2D eigenvalue weighted by molar-refractivity contribution is 8.18. The van der Waals surface area contributed by atoms with Gasteiger partial charge in [-0.25, -0.2) is 0 Å². The SMILES string of the molecule is COc1cccc(C=C2SC(NC(C)=O)=NC2=O)c1. The number of thioether (sulfide) groups is 1. The van der Waals surface area contributed by atoms with Gasteiger partial charge in [0.25, 0.3) is 5.91 Å². The lowest BCUT2D eigenvalue weighted by atomic mass is 10.2. The topological polar surface area (TPSA) is 67.8 Å². The molecule has 0 radical (unpaired) electrons. The standard InChI is InChI=1S/C13H12N2O3S/c1-8(16)14-13-15-12(17)11(19-13)7-9-4-3-5-10(6-9)18-2/h3-7H,1-2H3,(H,14,15,16,17). The molecule has 0 spiro atoms. The van der Waals surface area contributed by atoms with Crippen LogP contribution < -0.4 is 10.1 Å². The quantitative estimate of drug-likeness (QED) is 0.836. The maximum atomic E-state index is 11.7.